The van der Waals surface area contributed by atoms with Crippen molar-refractivity contribution in [3.05, 3.63) is 24.3 Å². The minimum Gasteiger partial charge on any atom is -0.462 e. The molecule has 0 aromatic carbocycles. The zero-order valence-electron chi connectivity index (χ0n) is 24.0. The number of ether oxygens (including phenoxy) is 1. The summed E-state index contributed by atoms with van der Waals surface area (Å²) in [6, 6.07) is 0. The third-order valence-corrected chi connectivity index (χ3v) is 12.9. The molecule has 2 N–H and O–H groups in total. The second-order valence-corrected chi connectivity index (χ2v) is 14.1. The van der Waals surface area contributed by atoms with Crippen molar-refractivity contribution in [3.8, 4) is 0 Å². The number of aliphatic hydroxyl groups is 2. The normalized spacial score (nSPS) is 47.1. The maximum absolute atomic E-state index is 13.7. The first-order chi connectivity index (χ1) is 17.7. The lowest BCUT2D eigenvalue weighted by Crippen LogP contribution is -2.55. The minimum absolute atomic E-state index is 0.0695. The SMILES string of the molecule is C=C(C(O)C(=O)[C@@H](C)[C@H]1[C@@H](OC(C)=O)C[C@@]2(C)[C@@H]3CC[C@H]4[C@H](C)C(=O)C=C[C@@]45C[C@@]35CC[C@]12C)[C@@H](C)CO. The second-order valence-electron chi connectivity index (χ2n) is 14.1. The Balaban J connectivity index is 1.50. The predicted octanol–water partition coefficient (Wildman–Crippen LogP) is 4.67. The van der Waals surface area contributed by atoms with Gasteiger partial charge in [-0.15, -0.1) is 0 Å². The maximum atomic E-state index is 13.7. The van der Waals surface area contributed by atoms with Crippen LogP contribution in [0.5, 0.6) is 0 Å². The van der Waals surface area contributed by atoms with Gasteiger partial charge in [-0.3, -0.25) is 14.4 Å². The summed E-state index contributed by atoms with van der Waals surface area (Å²) in [6.07, 6.45) is 8.24. The Morgan fingerprint density at radius 1 is 1.18 bits per heavy atom. The van der Waals surface area contributed by atoms with E-state index in [0.29, 0.717) is 23.8 Å². The van der Waals surface area contributed by atoms with Gasteiger partial charge in [0.1, 0.15) is 12.2 Å². The van der Waals surface area contributed by atoms with E-state index in [1.807, 2.05) is 13.0 Å². The summed E-state index contributed by atoms with van der Waals surface area (Å²) in [6.45, 7) is 15.5. The van der Waals surface area contributed by atoms with Crippen LogP contribution < -0.4 is 0 Å². The Kier molecular flexibility index (Phi) is 6.47. The molecule has 5 rings (SSSR count). The maximum Gasteiger partial charge on any atom is 0.302 e. The molecule has 12 atom stereocenters. The first-order valence-corrected chi connectivity index (χ1v) is 14.6. The van der Waals surface area contributed by atoms with E-state index in [1.165, 1.54) is 6.92 Å². The highest BCUT2D eigenvalue weighted by Gasteiger charge is 2.81. The molecule has 0 aliphatic heterocycles. The molecule has 4 saturated carbocycles. The Hall–Kier alpha value is -1.79. The number of allylic oxidation sites excluding steroid dienone is 2. The molecule has 0 saturated heterocycles. The van der Waals surface area contributed by atoms with Crippen LogP contribution in [0.4, 0.5) is 0 Å². The molecule has 5 aliphatic carbocycles. The molecule has 0 radical (unpaired) electrons. The lowest BCUT2D eigenvalue weighted by molar-refractivity contribution is -0.155. The van der Waals surface area contributed by atoms with E-state index >= 15 is 0 Å². The number of esters is 1. The fourth-order valence-electron chi connectivity index (χ4n) is 10.6. The lowest BCUT2D eigenvalue weighted by Gasteiger charge is -2.60. The van der Waals surface area contributed by atoms with Gasteiger partial charge < -0.3 is 14.9 Å². The highest BCUT2D eigenvalue weighted by Crippen LogP contribution is 2.87. The summed E-state index contributed by atoms with van der Waals surface area (Å²) >= 11 is 0. The van der Waals surface area contributed by atoms with Gasteiger partial charge in [0.15, 0.2) is 11.6 Å². The van der Waals surface area contributed by atoms with E-state index < -0.39 is 18.1 Å². The molecule has 6 heteroatoms. The summed E-state index contributed by atoms with van der Waals surface area (Å²) in [4.78, 5) is 38.5. The first kappa shape index (κ1) is 27.8. The van der Waals surface area contributed by atoms with Crippen molar-refractivity contribution in [2.75, 3.05) is 6.61 Å². The number of hydrogen-bond donors (Lipinski definition) is 2. The lowest BCUT2D eigenvalue weighted by atomic mass is 9.43. The highest BCUT2D eigenvalue weighted by molar-refractivity contribution is 5.93. The standard InChI is InChI=1S/C32H46O6/c1-17(15-33)18(2)27(36)28(37)20(4)26-24(38-21(5)34)14-30(7)25-9-8-22-19(3)23(35)10-11-31(22)16-32(25,31)13-12-29(26,30)6/h10-11,17,19-20,22,24-27,33,36H,2,8-9,12-16H2,1,3-7H3/t17-,19-,20-,22-,24-,25-,26-,27?,29+,30-,31+,32-/m0/s1. The van der Waals surface area contributed by atoms with Crippen LogP contribution in [0.1, 0.15) is 80.1 Å². The van der Waals surface area contributed by atoms with E-state index in [-0.39, 0.29) is 63.6 Å². The van der Waals surface area contributed by atoms with Crippen LogP contribution in [-0.2, 0) is 19.1 Å². The van der Waals surface area contributed by atoms with E-state index in [9.17, 15) is 24.6 Å². The van der Waals surface area contributed by atoms with Crippen LogP contribution in [-0.4, -0.2) is 46.6 Å². The van der Waals surface area contributed by atoms with Gasteiger partial charge in [-0.1, -0.05) is 47.3 Å². The molecule has 210 valence electrons. The molecular formula is C32H46O6. The van der Waals surface area contributed by atoms with E-state index in [0.717, 1.165) is 32.1 Å². The molecule has 0 bridgehead atoms. The number of rotatable bonds is 7. The van der Waals surface area contributed by atoms with E-state index in [2.05, 4.69) is 33.4 Å². The van der Waals surface area contributed by atoms with Crippen molar-refractivity contribution in [1.29, 1.82) is 0 Å². The Bertz CT molecular complexity index is 1090. The summed E-state index contributed by atoms with van der Waals surface area (Å²) in [5.41, 5.74) is 0.199. The van der Waals surface area contributed by atoms with Gasteiger partial charge >= 0.3 is 5.97 Å². The summed E-state index contributed by atoms with van der Waals surface area (Å²) in [7, 11) is 0. The average Bonchev–Trinajstić information content (AvgIpc) is 3.48. The first-order valence-electron chi connectivity index (χ1n) is 14.6. The molecule has 38 heavy (non-hydrogen) atoms. The van der Waals surface area contributed by atoms with Crippen LogP contribution >= 0.6 is 0 Å². The number of Topliss-reactive ketones (excluding diaryl/α,β-unsaturated/α-hetero) is 1. The molecular weight excluding hydrogens is 480 g/mol. The summed E-state index contributed by atoms with van der Waals surface area (Å²) < 4.78 is 5.99. The van der Waals surface area contributed by atoms with Gasteiger partial charge in [-0.25, -0.2) is 0 Å². The molecule has 1 unspecified atom stereocenters. The summed E-state index contributed by atoms with van der Waals surface area (Å²) in [5.74, 6) is -0.630. The number of carbonyl (C=O) groups is 3. The van der Waals surface area contributed by atoms with Crippen molar-refractivity contribution in [2.45, 2.75) is 92.3 Å². The van der Waals surface area contributed by atoms with E-state index in [1.54, 1.807) is 6.92 Å². The average molecular weight is 527 g/mol. The van der Waals surface area contributed by atoms with E-state index in [4.69, 9.17) is 4.74 Å². The molecule has 0 aromatic heterocycles. The van der Waals surface area contributed by atoms with Crippen LogP contribution in [0.15, 0.2) is 24.3 Å². The molecule has 4 fully saturated rings. The third kappa shape index (κ3) is 3.41. The summed E-state index contributed by atoms with van der Waals surface area (Å²) in [5, 5.41) is 20.5. The Morgan fingerprint density at radius 3 is 2.50 bits per heavy atom. The number of carbonyl (C=O) groups excluding carboxylic acids is 3. The Labute approximate surface area is 227 Å². The van der Waals surface area contributed by atoms with Crippen molar-refractivity contribution in [2.24, 2.45) is 57.2 Å². The van der Waals surface area contributed by atoms with Gasteiger partial charge in [0.25, 0.3) is 0 Å². The smallest absolute Gasteiger partial charge is 0.302 e. The van der Waals surface area contributed by atoms with Gasteiger partial charge in [-0.2, -0.15) is 0 Å². The highest BCUT2D eigenvalue weighted by atomic mass is 16.5. The van der Waals surface area contributed by atoms with Crippen molar-refractivity contribution < 1.29 is 29.3 Å². The van der Waals surface area contributed by atoms with Crippen molar-refractivity contribution in [1.82, 2.24) is 0 Å². The molecule has 6 nitrogen and oxygen atoms in total. The number of hydrogen-bond acceptors (Lipinski definition) is 6. The molecule has 0 aromatic rings. The topological polar surface area (TPSA) is 101 Å². The monoisotopic (exact) mass is 526 g/mol. The second kappa shape index (κ2) is 8.86. The molecule has 5 aliphatic rings. The van der Waals surface area contributed by atoms with Crippen molar-refractivity contribution >= 4 is 17.5 Å². The number of ketones is 2. The van der Waals surface area contributed by atoms with Gasteiger partial charge in [0, 0.05) is 37.2 Å². The van der Waals surface area contributed by atoms with Gasteiger partial charge in [-0.05, 0) is 83.7 Å². The molecule has 0 heterocycles. The Morgan fingerprint density at radius 2 is 1.87 bits per heavy atom. The van der Waals surface area contributed by atoms with Crippen LogP contribution in [0.25, 0.3) is 0 Å². The minimum atomic E-state index is -1.36. The fourth-order valence-corrected chi connectivity index (χ4v) is 10.6. The largest absolute Gasteiger partial charge is 0.462 e. The zero-order valence-corrected chi connectivity index (χ0v) is 24.0. The molecule has 0 amide bonds. The van der Waals surface area contributed by atoms with Gasteiger partial charge in [0.2, 0.25) is 0 Å². The van der Waals surface area contributed by atoms with Gasteiger partial charge in [0.05, 0.1) is 0 Å². The number of aliphatic hydroxyl groups excluding tert-OH is 2. The predicted molar refractivity (Wildman–Crippen MR) is 144 cm³/mol. The zero-order chi connectivity index (χ0) is 28.0. The number of fused-ring (bicyclic) bond motifs is 2. The third-order valence-electron chi connectivity index (χ3n) is 12.9. The quantitative estimate of drug-likeness (QED) is 0.369. The van der Waals surface area contributed by atoms with Crippen LogP contribution in [0.3, 0.4) is 0 Å². The van der Waals surface area contributed by atoms with Crippen molar-refractivity contribution in [3.63, 3.8) is 0 Å². The molecule has 2 spiro atoms. The fraction of sp³-hybridized carbons (Fsp3) is 0.781. The van der Waals surface area contributed by atoms with Crippen LogP contribution in [0.2, 0.25) is 0 Å². The van der Waals surface area contributed by atoms with Crippen LogP contribution in [0, 0.1) is 57.2 Å².